The van der Waals surface area contributed by atoms with Crippen molar-refractivity contribution in [3.8, 4) is 5.75 Å². The Morgan fingerprint density at radius 2 is 2.05 bits per heavy atom. The van der Waals surface area contributed by atoms with Crippen LogP contribution in [0.2, 0.25) is 0 Å². The molecule has 2 aromatic rings. The van der Waals surface area contributed by atoms with E-state index in [1.54, 1.807) is 37.7 Å². The number of carbonyl (C=O) groups is 1. The van der Waals surface area contributed by atoms with Gasteiger partial charge in [-0.15, -0.1) is 0 Å². The highest BCUT2D eigenvalue weighted by Crippen LogP contribution is 2.24. The number of nitrogens with zero attached hydrogens (tertiary/aromatic N) is 1. The van der Waals surface area contributed by atoms with E-state index in [9.17, 15) is 4.79 Å². The van der Waals surface area contributed by atoms with Gasteiger partial charge in [-0.25, -0.2) is 0 Å². The minimum absolute atomic E-state index is 0.0817. The zero-order valence-electron chi connectivity index (χ0n) is 11.3. The monoisotopic (exact) mass is 271 g/mol. The van der Waals surface area contributed by atoms with E-state index in [-0.39, 0.29) is 5.91 Å². The molecule has 0 spiro atoms. The Bertz CT molecular complexity index is 585. The lowest BCUT2D eigenvalue weighted by Crippen LogP contribution is -2.13. The Morgan fingerprint density at radius 1 is 1.30 bits per heavy atom. The number of nitrogens with one attached hydrogen (secondary N) is 1. The second-order valence-corrected chi connectivity index (χ2v) is 4.36. The fourth-order valence-electron chi connectivity index (χ4n) is 1.79. The smallest absolute Gasteiger partial charge is 0.224 e. The van der Waals surface area contributed by atoms with Crippen molar-refractivity contribution in [3.05, 3.63) is 48.3 Å². The molecule has 5 heteroatoms. The number of ether oxygens (including phenoxy) is 1. The number of anilines is 2. The standard InChI is InChI=1S/C15H17N3O2/c1-20-12-3-4-13(16)14(10-12)18-15(19)5-2-11-6-8-17-9-7-11/h3-4,6-10H,2,5,16H2,1H3,(H,18,19). The molecule has 5 nitrogen and oxygen atoms in total. The quantitative estimate of drug-likeness (QED) is 0.818. The molecular formula is C15H17N3O2. The molecule has 3 N–H and O–H groups in total. The van der Waals surface area contributed by atoms with E-state index < -0.39 is 0 Å². The zero-order chi connectivity index (χ0) is 14.4. The highest BCUT2D eigenvalue weighted by molar-refractivity contribution is 5.94. The summed E-state index contributed by atoms with van der Waals surface area (Å²) in [4.78, 5) is 15.9. The number of methoxy groups -OCH3 is 1. The molecular weight excluding hydrogens is 254 g/mol. The predicted octanol–water partition coefficient (Wildman–Crippen LogP) is 2.24. The number of hydrogen-bond acceptors (Lipinski definition) is 4. The summed E-state index contributed by atoms with van der Waals surface area (Å²) in [6, 6.07) is 8.96. The summed E-state index contributed by atoms with van der Waals surface area (Å²) in [6.45, 7) is 0. The van der Waals surface area contributed by atoms with E-state index >= 15 is 0 Å². The summed E-state index contributed by atoms with van der Waals surface area (Å²) in [7, 11) is 1.57. The van der Waals surface area contributed by atoms with Gasteiger partial charge in [-0.2, -0.15) is 0 Å². The molecule has 0 aliphatic carbocycles. The first-order chi connectivity index (χ1) is 9.69. The summed E-state index contributed by atoms with van der Waals surface area (Å²) in [5, 5.41) is 2.80. The van der Waals surface area contributed by atoms with Crippen LogP contribution >= 0.6 is 0 Å². The van der Waals surface area contributed by atoms with Crippen molar-refractivity contribution in [3.63, 3.8) is 0 Å². The maximum atomic E-state index is 11.9. The van der Waals surface area contributed by atoms with Gasteiger partial charge in [0, 0.05) is 24.9 Å². The third kappa shape index (κ3) is 3.71. The summed E-state index contributed by atoms with van der Waals surface area (Å²) < 4.78 is 5.11. The number of benzene rings is 1. The van der Waals surface area contributed by atoms with Crippen LogP contribution in [0.5, 0.6) is 5.75 Å². The number of hydrogen-bond donors (Lipinski definition) is 2. The maximum absolute atomic E-state index is 11.9. The number of aromatic nitrogens is 1. The van der Waals surface area contributed by atoms with Crippen LogP contribution in [0.25, 0.3) is 0 Å². The summed E-state index contributed by atoms with van der Waals surface area (Å²) in [6.07, 6.45) is 4.49. The third-order valence-corrected chi connectivity index (χ3v) is 2.92. The first kappa shape index (κ1) is 13.9. The molecule has 0 fully saturated rings. The van der Waals surface area contributed by atoms with Gasteiger partial charge in [-0.05, 0) is 36.2 Å². The molecule has 1 aromatic carbocycles. The van der Waals surface area contributed by atoms with Crippen LogP contribution in [0.1, 0.15) is 12.0 Å². The van der Waals surface area contributed by atoms with Crippen molar-refractivity contribution in [1.82, 2.24) is 4.98 Å². The van der Waals surface area contributed by atoms with Gasteiger partial charge in [0.25, 0.3) is 0 Å². The summed E-state index contributed by atoms with van der Waals surface area (Å²) >= 11 is 0. The first-order valence-corrected chi connectivity index (χ1v) is 6.31. The van der Waals surface area contributed by atoms with Gasteiger partial charge in [-0.3, -0.25) is 9.78 Å². The van der Waals surface area contributed by atoms with Crippen molar-refractivity contribution < 1.29 is 9.53 Å². The zero-order valence-corrected chi connectivity index (χ0v) is 11.3. The Labute approximate surface area is 117 Å². The van der Waals surface area contributed by atoms with Crippen molar-refractivity contribution in [2.45, 2.75) is 12.8 Å². The van der Waals surface area contributed by atoms with Gasteiger partial charge in [0.15, 0.2) is 0 Å². The van der Waals surface area contributed by atoms with Crippen LogP contribution in [0, 0.1) is 0 Å². The Morgan fingerprint density at radius 3 is 2.75 bits per heavy atom. The molecule has 0 unspecified atom stereocenters. The van der Waals surface area contributed by atoms with Gasteiger partial charge in [0.2, 0.25) is 5.91 Å². The van der Waals surface area contributed by atoms with Gasteiger partial charge < -0.3 is 15.8 Å². The predicted molar refractivity (Wildman–Crippen MR) is 78.6 cm³/mol. The summed E-state index contributed by atoms with van der Waals surface area (Å²) in [5.74, 6) is 0.574. The van der Waals surface area contributed by atoms with Gasteiger partial charge in [0.05, 0.1) is 18.5 Å². The van der Waals surface area contributed by atoms with Gasteiger partial charge in [0.1, 0.15) is 5.75 Å². The van der Waals surface area contributed by atoms with E-state index in [0.29, 0.717) is 30.0 Å². The lowest BCUT2D eigenvalue weighted by atomic mass is 10.1. The van der Waals surface area contributed by atoms with Crippen LogP contribution in [-0.4, -0.2) is 18.0 Å². The van der Waals surface area contributed by atoms with Gasteiger partial charge in [-0.1, -0.05) is 0 Å². The SMILES string of the molecule is COc1ccc(N)c(NC(=O)CCc2ccncc2)c1. The lowest BCUT2D eigenvalue weighted by molar-refractivity contribution is -0.116. The molecule has 0 aliphatic rings. The Balaban J connectivity index is 1.94. The molecule has 20 heavy (non-hydrogen) atoms. The lowest BCUT2D eigenvalue weighted by Gasteiger charge is -2.10. The number of amides is 1. The molecule has 1 amide bonds. The average molecular weight is 271 g/mol. The minimum atomic E-state index is -0.0817. The maximum Gasteiger partial charge on any atom is 0.224 e. The molecule has 0 bridgehead atoms. The van der Waals surface area contributed by atoms with Crippen LogP contribution in [0.3, 0.4) is 0 Å². The summed E-state index contributed by atoms with van der Waals surface area (Å²) in [5.41, 5.74) is 7.99. The minimum Gasteiger partial charge on any atom is -0.497 e. The second-order valence-electron chi connectivity index (χ2n) is 4.36. The molecule has 2 rings (SSSR count). The largest absolute Gasteiger partial charge is 0.497 e. The topological polar surface area (TPSA) is 77.2 Å². The number of pyridine rings is 1. The van der Waals surface area contributed by atoms with Crippen LogP contribution < -0.4 is 15.8 Å². The van der Waals surface area contributed by atoms with Crippen LogP contribution in [0.15, 0.2) is 42.7 Å². The van der Waals surface area contributed by atoms with Gasteiger partial charge >= 0.3 is 0 Å². The second kappa shape index (κ2) is 6.56. The number of rotatable bonds is 5. The molecule has 0 aliphatic heterocycles. The fraction of sp³-hybridized carbons (Fsp3) is 0.200. The Hall–Kier alpha value is -2.56. The van der Waals surface area contributed by atoms with Crippen LogP contribution in [0.4, 0.5) is 11.4 Å². The highest BCUT2D eigenvalue weighted by Gasteiger charge is 2.07. The Kier molecular flexibility index (Phi) is 4.55. The molecule has 1 heterocycles. The normalized spacial score (nSPS) is 10.1. The van der Waals surface area contributed by atoms with E-state index in [0.717, 1.165) is 5.56 Å². The number of carbonyl (C=O) groups excluding carboxylic acids is 1. The van der Waals surface area contributed by atoms with Crippen molar-refractivity contribution in [2.75, 3.05) is 18.2 Å². The van der Waals surface area contributed by atoms with Crippen molar-refractivity contribution in [1.29, 1.82) is 0 Å². The first-order valence-electron chi connectivity index (χ1n) is 6.31. The van der Waals surface area contributed by atoms with E-state index in [2.05, 4.69) is 10.3 Å². The van der Waals surface area contributed by atoms with E-state index in [1.165, 1.54) is 0 Å². The van der Waals surface area contributed by atoms with Crippen LogP contribution in [-0.2, 0) is 11.2 Å². The van der Waals surface area contributed by atoms with Crippen molar-refractivity contribution >= 4 is 17.3 Å². The molecule has 0 saturated heterocycles. The molecule has 0 atom stereocenters. The molecule has 0 radical (unpaired) electrons. The number of nitrogens with two attached hydrogens (primary N) is 1. The third-order valence-electron chi connectivity index (χ3n) is 2.92. The van der Waals surface area contributed by atoms with E-state index in [1.807, 2.05) is 12.1 Å². The highest BCUT2D eigenvalue weighted by atomic mass is 16.5. The van der Waals surface area contributed by atoms with E-state index in [4.69, 9.17) is 10.5 Å². The van der Waals surface area contributed by atoms with Crippen molar-refractivity contribution in [2.24, 2.45) is 0 Å². The molecule has 104 valence electrons. The number of nitrogen functional groups attached to an aromatic ring is 1. The average Bonchev–Trinajstić information content (AvgIpc) is 2.48. The number of aryl methyl sites for hydroxylation is 1. The molecule has 1 aromatic heterocycles. The fourth-order valence-corrected chi connectivity index (χ4v) is 1.79. The molecule has 0 saturated carbocycles.